The number of hydrogen-bond donors (Lipinski definition) is 2. The first-order valence-corrected chi connectivity index (χ1v) is 4.55. The zero-order chi connectivity index (χ0) is 8.72. The minimum Gasteiger partial charge on any atom is -0.391 e. The predicted octanol–water partition coefficient (Wildman–Crippen LogP) is 1.20. The summed E-state index contributed by atoms with van der Waals surface area (Å²) in [5.41, 5.74) is 12.7. The van der Waals surface area contributed by atoms with Gasteiger partial charge in [-0.3, -0.25) is 0 Å². The monoisotopic (exact) mass is 181 g/mol. The van der Waals surface area contributed by atoms with E-state index in [9.17, 15) is 0 Å². The largest absolute Gasteiger partial charge is 0.391 e. The fourth-order valence-corrected chi connectivity index (χ4v) is 2.16. The van der Waals surface area contributed by atoms with E-state index in [0.717, 1.165) is 10.6 Å². The smallest absolute Gasteiger partial charge is 0.104 e. The molecular weight excluding hydrogens is 170 g/mol. The SMILES string of the molecule is CN1C=Cc2sc(N)cc2C1N. The molecule has 1 aromatic rings. The number of nitrogens with two attached hydrogens (primary N) is 2. The van der Waals surface area contributed by atoms with Crippen LogP contribution in [0.4, 0.5) is 5.00 Å². The van der Waals surface area contributed by atoms with Crippen molar-refractivity contribution in [3.8, 4) is 0 Å². The van der Waals surface area contributed by atoms with E-state index in [0.29, 0.717) is 0 Å². The molecule has 1 aliphatic rings. The number of fused-ring (bicyclic) bond motifs is 1. The van der Waals surface area contributed by atoms with E-state index in [2.05, 4.69) is 0 Å². The van der Waals surface area contributed by atoms with Crippen molar-refractivity contribution in [2.45, 2.75) is 6.17 Å². The fraction of sp³-hybridized carbons (Fsp3) is 0.250. The average Bonchev–Trinajstić information content (AvgIpc) is 2.39. The van der Waals surface area contributed by atoms with Crippen molar-refractivity contribution in [1.29, 1.82) is 0 Å². The molecule has 0 saturated heterocycles. The summed E-state index contributed by atoms with van der Waals surface area (Å²) in [6.45, 7) is 0. The summed E-state index contributed by atoms with van der Waals surface area (Å²) in [5, 5.41) is 0.829. The number of nitrogens with zero attached hydrogens (tertiary/aromatic N) is 1. The van der Waals surface area contributed by atoms with Gasteiger partial charge in [0.25, 0.3) is 0 Å². The summed E-state index contributed by atoms with van der Waals surface area (Å²) < 4.78 is 0. The second-order valence-electron chi connectivity index (χ2n) is 2.89. The fourth-order valence-electron chi connectivity index (χ4n) is 1.30. The molecule has 4 N–H and O–H groups in total. The Labute approximate surface area is 75.3 Å². The number of hydrogen-bond acceptors (Lipinski definition) is 4. The van der Waals surface area contributed by atoms with Gasteiger partial charge in [-0.05, 0) is 12.1 Å². The molecule has 0 radical (unpaired) electrons. The molecule has 1 atom stereocenters. The lowest BCUT2D eigenvalue weighted by Crippen LogP contribution is -2.28. The Morgan fingerprint density at radius 3 is 3.08 bits per heavy atom. The molecule has 3 nitrogen and oxygen atoms in total. The van der Waals surface area contributed by atoms with Crippen LogP contribution in [0.3, 0.4) is 0 Å². The molecule has 0 saturated carbocycles. The number of thiophene rings is 1. The Morgan fingerprint density at radius 1 is 1.58 bits per heavy atom. The van der Waals surface area contributed by atoms with Crippen LogP contribution in [0.15, 0.2) is 12.3 Å². The molecule has 1 aliphatic heterocycles. The van der Waals surface area contributed by atoms with E-state index < -0.39 is 0 Å². The van der Waals surface area contributed by atoms with Gasteiger partial charge in [0.1, 0.15) is 6.17 Å². The maximum absolute atomic E-state index is 5.93. The van der Waals surface area contributed by atoms with Crippen molar-refractivity contribution in [3.05, 3.63) is 22.7 Å². The second kappa shape index (κ2) is 2.50. The Kier molecular flexibility index (Phi) is 1.59. The topological polar surface area (TPSA) is 55.3 Å². The lowest BCUT2D eigenvalue weighted by atomic mass is 10.1. The molecule has 2 heterocycles. The Bertz CT molecular complexity index is 329. The van der Waals surface area contributed by atoms with Gasteiger partial charge < -0.3 is 16.4 Å². The highest BCUT2D eigenvalue weighted by atomic mass is 32.1. The van der Waals surface area contributed by atoms with Crippen LogP contribution in [0.5, 0.6) is 0 Å². The van der Waals surface area contributed by atoms with E-state index in [-0.39, 0.29) is 6.17 Å². The molecule has 0 amide bonds. The van der Waals surface area contributed by atoms with Crippen molar-refractivity contribution in [3.63, 3.8) is 0 Å². The Balaban J connectivity index is 2.50. The van der Waals surface area contributed by atoms with Crippen molar-refractivity contribution in [1.82, 2.24) is 4.90 Å². The molecule has 4 heteroatoms. The van der Waals surface area contributed by atoms with Gasteiger partial charge in [-0.1, -0.05) is 0 Å². The zero-order valence-electron chi connectivity index (χ0n) is 6.82. The molecule has 1 aromatic heterocycles. The molecule has 12 heavy (non-hydrogen) atoms. The molecular formula is C8H11N3S. The van der Waals surface area contributed by atoms with Gasteiger partial charge in [-0.15, -0.1) is 11.3 Å². The molecule has 0 aromatic carbocycles. The van der Waals surface area contributed by atoms with Crippen molar-refractivity contribution in [2.24, 2.45) is 5.73 Å². The highest BCUT2D eigenvalue weighted by Crippen LogP contribution is 2.33. The third kappa shape index (κ3) is 1.00. The predicted molar refractivity (Wildman–Crippen MR) is 52.5 cm³/mol. The van der Waals surface area contributed by atoms with Crippen LogP contribution in [0.1, 0.15) is 16.6 Å². The Hall–Kier alpha value is -1.00. The standard InChI is InChI=1S/C8H11N3S/c1-11-3-2-6-5(8(11)10)4-7(9)12-6/h2-4,8H,9-10H2,1H3. The molecule has 2 rings (SSSR count). The maximum atomic E-state index is 5.93. The summed E-state index contributed by atoms with van der Waals surface area (Å²) in [6.07, 6.45) is 3.97. The van der Waals surface area contributed by atoms with Crippen LogP contribution in [0.25, 0.3) is 6.08 Å². The number of anilines is 1. The van der Waals surface area contributed by atoms with Crippen LogP contribution in [0.2, 0.25) is 0 Å². The Morgan fingerprint density at radius 2 is 2.33 bits per heavy atom. The third-order valence-corrected chi connectivity index (χ3v) is 2.97. The number of rotatable bonds is 0. The van der Waals surface area contributed by atoms with E-state index in [1.54, 1.807) is 11.3 Å². The van der Waals surface area contributed by atoms with Gasteiger partial charge in [0.15, 0.2) is 0 Å². The average molecular weight is 181 g/mol. The summed E-state index contributed by atoms with van der Waals surface area (Å²) in [7, 11) is 1.96. The quantitative estimate of drug-likeness (QED) is 0.632. The first kappa shape index (κ1) is 7.64. The van der Waals surface area contributed by atoms with Crippen LogP contribution in [-0.4, -0.2) is 11.9 Å². The lowest BCUT2D eigenvalue weighted by molar-refractivity contribution is 0.344. The van der Waals surface area contributed by atoms with Crippen molar-refractivity contribution in [2.75, 3.05) is 12.8 Å². The first-order chi connectivity index (χ1) is 5.68. The van der Waals surface area contributed by atoms with E-state index in [4.69, 9.17) is 11.5 Å². The minimum atomic E-state index is -0.0430. The first-order valence-electron chi connectivity index (χ1n) is 3.73. The minimum absolute atomic E-state index is 0.0430. The van der Waals surface area contributed by atoms with E-state index in [1.807, 2.05) is 30.3 Å². The summed E-state index contributed by atoms with van der Waals surface area (Å²) >= 11 is 1.58. The normalized spacial score (nSPS) is 21.2. The third-order valence-electron chi connectivity index (χ3n) is 2.03. The van der Waals surface area contributed by atoms with Crippen LogP contribution in [-0.2, 0) is 0 Å². The second-order valence-corrected chi connectivity index (χ2v) is 4.01. The molecule has 64 valence electrons. The molecule has 0 bridgehead atoms. The maximum Gasteiger partial charge on any atom is 0.104 e. The van der Waals surface area contributed by atoms with Crippen molar-refractivity contribution >= 4 is 22.4 Å². The molecule has 0 fully saturated rings. The van der Waals surface area contributed by atoms with E-state index >= 15 is 0 Å². The number of nitrogen functional groups attached to an aromatic ring is 1. The van der Waals surface area contributed by atoms with Crippen molar-refractivity contribution < 1.29 is 0 Å². The molecule has 0 aliphatic carbocycles. The van der Waals surface area contributed by atoms with E-state index in [1.165, 1.54) is 4.88 Å². The van der Waals surface area contributed by atoms with Crippen LogP contribution in [0, 0.1) is 0 Å². The zero-order valence-corrected chi connectivity index (χ0v) is 7.64. The van der Waals surface area contributed by atoms with Crippen LogP contribution < -0.4 is 11.5 Å². The van der Waals surface area contributed by atoms with Gasteiger partial charge in [0.05, 0.1) is 5.00 Å². The summed E-state index contributed by atoms with van der Waals surface area (Å²) in [5.74, 6) is 0. The van der Waals surface area contributed by atoms with Gasteiger partial charge in [-0.25, -0.2) is 0 Å². The highest BCUT2D eigenvalue weighted by Gasteiger charge is 2.18. The summed E-state index contributed by atoms with van der Waals surface area (Å²) in [4.78, 5) is 3.15. The summed E-state index contributed by atoms with van der Waals surface area (Å²) in [6, 6.07) is 1.95. The molecule has 0 spiro atoms. The van der Waals surface area contributed by atoms with Gasteiger partial charge in [-0.2, -0.15) is 0 Å². The van der Waals surface area contributed by atoms with Gasteiger partial charge in [0.2, 0.25) is 0 Å². The molecule has 1 unspecified atom stereocenters. The van der Waals surface area contributed by atoms with Gasteiger partial charge in [0, 0.05) is 23.7 Å². The highest BCUT2D eigenvalue weighted by molar-refractivity contribution is 7.16. The lowest BCUT2D eigenvalue weighted by Gasteiger charge is -2.26. The van der Waals surface area contributed by atoms with Gasteiger partial charge >= 0.3 is 0 Å². The van der Waals surface area contributed by atoms with Crippen LogP contribution >= 0.6 is 11.3 Å².